The third-order valence-electron chi connectivity index (χ3n) is 1.92. The highest BCUT2D eigenvalue weighted by Gasteiger charge is 2.20. The van der Waals surface area contributed by atoms with Crippen LogP contribution in [-0.4, -0.2) is 7.25 Å². The summed E-state index contributed by atoms with van der Waals surface area (Å²) in [5.74, 6) is 0. The Kier molecular flexibility index (Phi) is 6.51. The fourth-order valence-corrected chi connectivity index (χ4v) is 3.40. The second-order valence-electron chi connectivity index (χ2n) is 3.50. The predicted molar refractivity (Wildman–Crippen MR) is 65.2 cm³/mol. The van der Waals surface area contributed by atoms with Crippen molar-refractivity contribution in [2.45, 2.75) is 0 Å². The number of hydrogen-bond donors (Lipinski definition) is 0. The predicted octanol–water partition coefficient (Wildman–Crippen LogP) is 0.987. The van der Waals surface area contributed by atoms with Crippen LogP contribution in [0.1, 0.15) is 5.56 Å². The molecule has 0 bridgehead atoms. The number of benzene rings is 2. The Labute approximate surface area is 124 Å². The molecule has 0 saturated carbocycles. The van der Waals surface area contributed by atoms with Crippen molar-refractivity contribution in [1.82, 2.24) is 0 Å². The molecule has 0 atom stereocenters. The molecule has 7 heteroatoms. The number of hydrogen-bond acceptors (Lipinski definition) is 1. The van der Waals surface area contributed by atoms with E-state index in [0.717, 1.165) is 5.56 Å². The highest BCUT2D eigenvalue weighted by atomic mass is 127. The molecule has 0 unspecified atom stereocenters. The van der Waals surface area contributed by atoms with Crippen LogP contribution in [0.3, 0.4) is 0 Å². The second kappa shape index (κ2) is 7.90. The number of nitriles is 1. The minimum atomic E-state index is -6.00. The maximum Gasteiger partial charge on any atom is 0.673 e. The number of halogens is 5. The van der Waals surface area contributed by atoms with Crippen molar-refractivity contribution < 1.29 is 38.5 Å². The first-order chi connectivity index (χ1) is 9.38. The average Bonchev–Trinajstić information content (AvgIpc) is 2.39. The Morgan fingerprint density at radius 3 is 1.70 bits per heavy atom. The molecular formula is C13H9BF4IN. The third kappa shape index (κ3) is 7.79. The Morgan fingerprint density at radius 1 is 0.800 bits per heavy atom. The molecule has 20 heavy (non-hydrogen) atoms. The lowest BCUT2D eigenvalue weighted by Crippen LogP contribution is -3.61. The van der Waals surface area contributed by atoms with Crippen molar-refractivity contribution in [3.63, 3.8) is 0 Å². The maximum absolute atomic E-state index is 9.75. The summed E-state index contributed by atoms with van der Waals surface area (Å²) in [7, 11) is -6.00. The van der Waals surface area contributed by atoms with Crippen LogP contribution in [0.4, 0.5) is 17.3 Å². The van der Waals surface area contributed by atoms with Gasteiger partial charge in [0.25, 0.3) is 0 Å². The molecule has 0 aliphatic heterocycles. The van der Waals surface area contributed by atoms with Gasteiger partial charge in [0, 0.05) is 0 Å². The molecule has 0 aliphatic carbocycles. The van der Waals surface area contributed by atoms with Crippen LogP contribution in [0.2, 0.25) is 0 Å². The minimum absolute atomic E-state index is 0.0988. The molecule has 0 radical (unpaired) electrons. The van der Waals surface area contributed by atoms with E-state index in [2.05, 4.69) is 42.5 Å². The van der Waals surface area contributed by atoms with Gasteiger partial charge < -0.3 is 17.3 Å². The van der Waals surface area contributed by atoms with Gasteiger partial charge >= 0.3 is 28.5 Å². The SMILES string of the molecule is F[B-](F)(F)F.N#Cc1ccc([I+]c2ccccc2)cc1. The summed E-state index contributed by atoms with van der Waals surface area (Å²) in [4.78, 5) is 0. The van der Waals surface area contributed by atoms with Gasteiger partial charge in [-0.25, -0.2) is 0 Å². The van der Waals surface area contributed by atoms with E-state index in [1.54, 1.807) is 0 Å². The van der Waals surface area contributed by atoms with Crippen LogP contribution in [0.5, 0.6) is 0 Å². The molecule has 0 fully saturated rings. The van der Waals surface area contributed by atoms with Crippen molar-refractivity contribution in [2.24, 2.45) is 0 Å². The maximum atomic E-state index is 9.75. The van der Waals surface area contributed by atoms with Gasteiger partial charge in [0.05, 0.1) is 11.6 Å². The van der Waals surface area contributed by atoms with E-state index in [-0.39, 0.29) is 21.2 Å². The first-order valence-corrected chi connectivity index (χ1v) is 7.61. The first-order valence-electron chi connectivity index (χ1n) is 5.46. The molecular weight excluding hydrogens is 384 g/mol. The van der Waals surface area contributed by atoms with Gasteiger partial charge in [-0.3, -0.25) is 0 Å². The Balaban J connectivity index is 0.000000347. The zero-order valence-corrected chi connectivity index (χ0v) is 12.3. The summed E-state index contributed by atoms with van der Waals surface area (Å²) in [5, 5.41) is 8.68. The van der Waals surface area contributed by atoms with E-state index < -0.39 is 7.25 Å². The van der Waals surface area contributed by atoms with E-state index in [9.17, 15) is 17.3 Å². The number of nitrogens with zero attached hydrogens (tertiary/aromatic N) is 1. The molecule has 0 aliphatic rings. The van der Waals surface area contributed by atoms with Crippen LogP contribution in [0.25, 0.3) is 0 Å². The van der Waals surface area contributed by atoms with Gasteiger partial charge in [0.1, 0.15) is 0 Å². The van der Waals surface area contributed by atoms with E-state index >= 15 is 0 Å². The topological polar surface area (TPSA) is 23.8 Å². The largest absolute Gasteiger partial charge is 0.673 e. The molecule has 0 aromatic heterocycles. The van der Waals surface area contributed by atoms with Gasteiger partial charge in [-0.15, -0.1) is 0 Å². The van der Waals surface area contributed by atoms with Crippen molar-refractivity contribution in [3.8, 4) is 6.07 Å². The van der Waals surface area contributed by atoms with Crippen LogP contribution < -0.4 is 21.2 Å². The van der Waals surface area contributed by atoms with E-state index in [4.69, 9.17) is 5.26 Å². The molecule has 0 N–H and O–H groups in total. The summed E-state index contributed by atoms with van der Waals surface area (Å²) < 4.78 is 41.8. The molecule has 2 aromatic rings. The Bertz CT molecular complexity index is 558. The summed E-state index contributed by atoms with van der Waals surface area (Å²) in [5.41, 5.74) is 0.732. The highest BCUT2D eigenvalue weighted by Crippen LogP contribution is 2.06. The van der Waals surface area contributed by atoms with Crippen LogP contribution >= 0.6 is 0 Å². The minimum Gasteiger partial charge on any atom is -0.418 e. The lowest BCUT2D eigenvalue weighted by atomic mass is 10.2. The van der Waals surface area contributed by atoms with Crippen molar-refractivity contribution in [1.29, 1.82) is 5.26 Å². The lowest BCUT2D eigenvalue weighted by molar-refractivity contribution is -0.597. The van der Waals surface area contributed by atoms with Crippen molar-refractivity contribution >= 4 is 7.25 Å². The second-order valence-corrected chi connectivity index (χ2v) is 6.53. The monoisotopic (exact) mass is 393 g/mol. The standard InChI is InChI=1S/C13H9IN.BF4/c15-10-11-6-8-13(9-7-11)14-12-4-2-1-3-5-12;2-1(3,4)5/h1-9H;/q+1;-1. The third-order valence-corrected chi connectivity index (χ3v) is 4.61. The molecule has 2 aromatic carbocycles. The van der Waals surface area contributed by atoms with E-state index in [1.807, 2.05) is 18.2 Å². The van der Waals surface area contributed by atoms with Crippen molar-refractivity contribution in [2.75, 3.05) is 0 Å². The van der Waals surface area contributed by atoms with E-state index in [0.29, 0.717) is 0 Å². The zero-order valence-electron chi connectivity index (χ0n) is 10.1. The van der Waals surface area contributed by atoms with E-state index in [1.165, 1.54) is 7.14 Å². The van der Waals surface area contributed by atoms with Crippen molar-refractivity contribution in [3.05, 3.63) is 67.3 Å². The van der Waals surface area contributed by atoms with Gasteiger partial charge in [0.2, 0.25) is 0 Å². The molecule has 2 rings (SSSR count). The van der Waals surface area contributed by atoms with Crippen LogP contribution in [0, 0.1) is 18.5 Å². The Morgan fingerprint density at radius 2 is 1.25 bits per heavy atom. The first kappa shape index (κ1) is 16.5. The zero-order chi connectivity index (χ0) is 15.0. The van der Waals surface area contributed by atoms with Crippen LogP contribution in [0.15, 0.2) is 54.6 Å². The quantitative estimate of drug-likeness (QED) is 0.425. The molecule has 104 valence electrons. The smallest absolute Gasteiger partial charge is 0.418 e. The van der Waals surface area contributed by atoms with Gasteiger partial charge in [0.15, 0.2) is 7.14 Å². The summed E-state index contributed by atoms with van der Waals surface area (Å²) in [6.45, 7) is 0. The average molecular weight is 393 g/mol. The molecule has 0 saturated heterocycles. The van der Waals surface area contributed by atoms with Gasteiger partial charge in [-0.1, -0.05) is 18.2 Å². The summed E-state index contributed by atoms with van der Waals surface area (Å²) in [6, 6.07) is 20.5. The fourth-order valence-electron chi connectivity index (χ4n) is 1.19. The molecule has 0 amide bonds. The molecule has 0 spiro atoms. The summed E-state index contributed by atoms with van der Waals surface area (Å²) >= 11 is -0.0988. The molecule has 1 nitrogen and oxygen atoms in total. The fraction of sp³-hybridized carbons (Fsp3) is 0. The van der Waals surface area contributed by atoms with Gasteiger partial charge in [-0.05, 0) is 36.4 Å². The normalized spacial score (nSPS) is 10.2. The Hall–Kier alpha value is -1.56. The van der Waals surface area contributed by atoms with Gasteiger partial charge in [-0.2, -0.15) is 5.26 Å². The lowest BCUT2D eigenvalue weighted by Gasteiger charge is -1.94. The summed E-state index contributed by atoms with van der Waals surface area (Å²) in [6.07, 6.45) is 0. The number of rotatable bonds is 2. The van der Waals surface area contributed by atoms with Crippen LogP contribution in [-0.2, 0) is 0 Å². The molecule has 0 heterocycles. The highest BCUT2D eigenvalue weighted by molar-refractivity contribution is 6.50.